The maximum atomic E-state index is 11.5. The third-order valence-corrected chi connectivity index (χ3v) is 2.57. The normalized spacial score (nSPS) is 12.8. The number of hydrogen-bond acceptors (Lipinski definition) is 2. The first-order chi connectivity index (χ1) is 7.56. The maximum Gasteiger partial charge on any atom is 0.221 e. The number of nitrogens with one attached hydrogen (secondary N) is 2. The highest BCUT2D eigenvalue weighted by Crippen LogP contribution is 2.05. The summed E-state index contributed by atoms with van der Waals surface area (Å²) in [5, 5.41) is 6.20. The molecule has 1 unspecified atom stereocenters. The molecular formula is C13H28N2O. The van der Waals surface area contributed by atoms with Crippen LogP contribution < -0.4 is 10.6 Å². The third kappa shape index (κ3) is 9.97. The fourth-order valence-electron chi connectivity index (χ4n) is 1.68. The Balaban J connectivity index is 3.36. The monoisotopic (exact) mass is 228 g/mol. The van der Waals surface area contributed by atoms with Crippen molar-refractivity contribution in [3.05, 3.63) is 0 Å². The second kappa shape index (κ2) is 9.64. The van der Waals surface area contributed by atoms with Gasteiger partial charge in [0, 0.05) is 19.0 Å². The van der Waals surface area contributed by atoms with E-state index in [1.54, 1.807) is 0 Å². The highest BCUT2D eigenvalue weighted by Gasteiger charge is 2.06. The van der Waals surface area contributed by atoms with Crippen molar-refractivity contribution < 1.29 is 4.79 Å². The van der Waals surface area contributed by atoms with E-state index in [2.05, 4.69) is 31.4 Å². The van der Waals surface area contributed by atoms with E-state index >= 15 is 0 Å². The summed E-state index contributed by atoms with van der Waals surface area (Å²) in [5.74, 6) is 0.933. The van der Waals surface area contributed by atoms with E-state index in [9.17, 15) is 4.79 Å². The Morgan fingerprint density at radius 3 is 2.44 bits per heavy atom. The average Bonchev–Trinajstić information content (AvgIpc) is 2.16. The van der Waals surface area contributed by atoms with E-state index in [1.165, 1.54) is 12.8 Å². The van der Waals surface area contributed by atoms with Gasteiger partial charge in [0.25, 0.3) is 0 Å². The molecule has 1 amide bonds. The highest BCUT2D eigenvalue weighted by atomic mass is 16.1. The second-order valence-electron chi connectivity index (χ2n) is 4.90. The van der Waals surface area contributed by atoms with E-state index in [0.717, 1.165) is 25.4 Å². The van der Waals surface area contributed by atoms with Crippen LogP contribution in [0.1, 0.15) is 53.4 Å². The molecule has 3 heteroatoms. The summed E-state index contributed by atoms with van der Waals surface area (Å²) in [6, 6.07) is 0.278. The predicted molar refractivity (Wildman–Crippen MR) is 69.5 cm³/mol. The molecule has 3 nitrogen and oxygen atoms in total. The summed E-state index contributed by atoms with van der Waals surface area (Å²) in [6.45, 7) is 10.3. The molecule has 0 aromatic rings. The smallest absolute Gasteiger partial charge is 0.221 e. The molecule has 16 heavy (non-hydrogen) atoms. The van der Waals surface area contributed by atoms with Crippen molar-refractivity contribution in [2.24, 2.45) is 5.92 Å². The van der Waals surface area contributed by atoms with Gasteiger partial charge in [-0.15, -0.1) is 0 Å². The molecule has 0 rings (SSSR count). The lowest BCUT2D eigenvalue weighted by Crippen LogP contribution is -2.34. The van der Waals surface area contributed by atoms with Crippen LogP contribution in [0.2, 0.25) is 0 Å². The van der Waals surface area contributed by atoms with E-state index < -0.39 is 0 Å². The molecule has 0 bridgehead atoms. The number of hydrogen-bond donors (Lipinski definition) is 2. The van der Waals surface area contributed by atoms with Crippen LogP contribution in [0, 0.1) is 5.92 Å². The van der Waals surface area contributed by atoms with E-state index in [0.29, 0.717) is 6.42 Å². The summed E-state index contributed by atoms with van der Waals surface area (Å²) in [7, 11) is 0. The molecule has 0 aliphatic heterocycles. The van der Waals surface area contributed by atoms with Gasteiger partial charge in [-0.1, -0.05) is 33.6 Å². The lowest BCUT2D eigenvalue weighted by atomic mass is 10.1. The third-order valence-electron chi connectivity index (χ3n) is 2.57. The van der Waals surface area contributed by atoms with Gasteiger partial charge < -0.3 is 10.6 Å². The molecule has 0 radical (unpaired) electrons. The zero-order chi connectivity index (χ0) is 12.4. The molecule has 0 aliphatic carbocycles. The fraction of sp³-hybridized carbons (Fsp3) is 0.923. The van der Waals surface area contributed by atoms with Crippen molar-refractivity contribution in [2.45, 2.75) is 59.4 Å². The van der Waals surface area contributed by atoms with Crippen LogP contribution in [0.25, 0.3) is 0 Å². The SMILES string of the molecule is CCNC(C)CC(=O)NCCCCC(C)C. The van der Waals surface area contributed by atoms with Crippen LogP contribution in [0.5, 0.6) is 0 Å². The van der Waals surface area contributed by atoms with Crippen molar-refractivity contribution in [3.63, 3.8) is 0 Å². The van der Waals surface area contributed by atoms with E-state index in [-0.39, 0.29) is 11.9 Å². The van der Waals surface area contributed by atoms with Gasteiger partial charge in [-0.3, -0.25) is 4.79 Å². The molecule has 0 fully saturated rings. The van der Waals surface area contributed by atoms with Gasteiger partial charge in [0.05, 0.1) is 0 Å². The molecule has 0 saturated carbocycles. The van der Waals surface area contributed by atoms with Crippen LogP contribution >= 0.6 is 0 Å². The standard InChI is InChI=1S/C13H28N2O/c1-5-14-12(4)10-13(16)15-9-7-6-8-11(2)3/h11-12,14H,5-10H2,1-4H3,(H,15,16). The Labute approximate surface area is 100 Å². The van der Waals surface area contributed by atoms with E-state index in [1.807, 2.05) is 6.92 Å². The number of unbranched alkanes of at least 4 members (excludes halogenated alkanes) is 1. The van der Waals surface area contributed by atoms with Crippen molar-refractivity contribution in [1.29, 1.82) is 0 Å². The largest absolute Gasteiger partial charge is 0.356 e. The Hall–Kier alpha value is -0.570. The predicted octanol–water partition coefficient (Wildman–Crippen LogP) is 2.32. The van der Waals surface area contributed by atoms with E-state index in [4.69, 9.17) is 0 Å². The van der Waals surface area contributed by atoms with Crippen molar-refractivity contribution in [1.82, 2.24) is 10.6 Å². The molecule has 1 atom stereocenters. The molecule has 2 N–H and O–H groups in total. The van der Waals surface area contributed by atoms with Gasteiger partial charge in [-0.05, 0) is 25.8 Å². The van der Waals surface area contributed by atoms with Gasteiger partial charge in [0.15, 0.2) is 0 Å². The lowest BCUT2D eigenvalue weighted by Gasteiger charge is -2.12. The van der Waals surface area contributed by atoms with Gasteiger partial charge in [0.2, 0.25) is 5.91 Å². The van der Waals surface area contributed by atoms with Crippen molar-refractivity contribution in [3.8, 4) is 0 Å². The molecule has 0 heterocycles. The summed E-state index contributed by atoms with van der Waals surface area (Å²) in [4.78, 5) is 11.5. The van der Waals surface area contributed by atoms with Gasteiger partial charge in [-0.2, -0.15) is 0 Å². The molecular weight excluding hydrogens is 200 g/mol. The number of amides is 1. The Morgan fingerprint density at radius 1 is 1.19 bits per heavy atom. The first-order valence-electron chi connectivity index (χ1n) is 6.56. The summed E-state index contributed by atoms with van der Waals surface area (Å²) in [5.41, 5.74) is 0. The topological polar surface area (TPSA) is 41.1 Å². The number of carbonyl (C=O) groups is 1. The zero-order valence-electron chi connectivity index (χ0n) is 11.3. The molecule has 0 spiro atoms. The first kappa shape index (κ1) is 15.4. The second-order valence-corrected chi connectivity index (χ2v) is 4.90. The summed E-state index contributed by atoms with van der Waals surface area (Å²) < 4.78 is 0. The number of carbonyl (C=O) groups excluding carboxylic acids is 1. The van der Waals surface area contributed by atoms with Crippen LogP contribution in [-0.2, 0) is 4.79 Å². The van der Waals surface area contributed by atoms with Gasteiger partial charge in [-0.25, -0.2) is 0 Å². The fourth-order valence-corrected chi connectivity index (χ4v) is 1.68. The van der Waals surface area contributed by atoms with Gasteiger partial charge >= 0.3 is 0 Å². The Kier molecular flexibility index (Phi) is 9.30. The number of rotatable bonds is 9. The Bertz CT molecular complexity index is 181. The molecule has 96 valence electrons. The maximum absolute atomic E-state index is 11.5. The quantitative estimate of drug-likeness (QED) is 0.595. The molecule has 0 saturated heterocycles. The van der Waals surface area contributed by atoms with Crippen LogP contribution in [0.3, 0.4) is 0 Å². The minimum Gasteiger partial charge on any atom is -0.356 e. The summed E-state index contributed by atoms with van der Waals surface area (Å²) in [6.07, 6.45) is 4.14. The van der Waals surface area contributed by atoms with Crippen molar-refractivity contribution in [2.75, 3.05) is 13.1 Å². The average molecular weight is 228 g/mol. The highest BCUT2D eigenvalue weighted by molar-refractivity contribution is 5.76. The molecule has 0 aromatic carbocycles. The first-order valence-corrected chi connectivity index (χ1v) is 6.56. The zero-order valence-corrected chi connectivity index (χ0v) is 11.3. The summed E-state index contributed by atoms with van der Waals surface area (Å²) >= 11 is 0. The van der Waals surface area contributed by atoms with Crippen LogP contribution in [-0.4, -0.2) is 25.0 Å². The van der Waals surface area contributed by atoms with Crippen molar-refractivity contribution >= 4 is 5.91 Å². The van der Waals surface area contributed by atoms with Crippen LogP contribution in [0.15, 0.2) is 0 Å². The minimum atomic E-state index is 0.165. The molecule has 0 aliphatic rings. The van der Waals surface area contributed by atoms with Gasteiger partial charge in [0.1, 0.15) is 0 Å². The Morgan fingerprint density at radius 2 is 1.88 bits per heavy atom. The van der Waals surface area contributed by atoms with Crippen LogP contribution in [0.4, 0.5) is 0 Å². The molecule has 0 aromatic heterocycles. The minimum absolute atomic E-state index is 0.165. The lowest BCUT2D eigenvalue weighted by molar-refractivity contribution is -0.121.